The average Bonchev–Trinajstić information content (AvgIpc) is 2.42. The summed E-state index contributed by atoms with van der Waals surface area (Å²) in [6.45, 7) is 1.50. The van der Waals surface area contributed by atoms with Crippen molar-refractivity contribution in [3.8, 4) is 0 Å². The summed E-state index contributed by atoms with van der Waals surface area (Å²) in [5.74, 6) is -0.00290. The number of nitrogen functional groups attached to an aromatic ring is 1. The van der Waals surface area contributed by atoms with E-state index >= 15 is 0 Å². The first-order valence-corrected chi connectivity index (χ1v) is 3.84. The van der Waals surface area contributed by atoms with Gasteiger partial charge in [0.25, 0.3) is 6.01 Å². The molecule has 2 aromatic rings. The Morgan fingerprint density at radius 2 is 2.31 bits per heavy atom. The number of nitrogens with two attached hydrogens (primary N) is 1. The van der Waals surface area contributed by atoms with Crippen molar-refractivity contribution < 1.29 is 9.21 Å². The second-order valence-corrected chi connectivity index (χ2v) is 2.79. The van der Waals surface area contributed by atoms with Gasteiger partial charge in [-0.2, -0.15) is 4.98 Å². The molecule has 1 aromatic heterocycles. The summed E-state index contributed by atoms with van der Waals surface area (Å²) in [6.07, 6.45) is 0. The van der Waals surface area contributed by atoms with E-state index in [-0.39, 0.29) is 11.8 Å². The number of fused-ring (bicyclic) bond motifs is 1. The van der Waals surface area contributed by atoms with Gasteiger partial charge in [-0.3, -0.25) is 4.79 Å². The number of hydrogen-bond acceptors (Lipinski definition) is 4. The van der Waals surface area contributed by atoms with E-state index in [1.165, 1.54) is 6.92 Å². The van der Waals surface area contributed by atoms with Crippen molar-refractivity contribution in [2.75, 3.05) is 5.73 Å². The third-order valence-electron chi connectivity index (χ3n) is 1.81. The zero-order valence-corrected chi connectivity index (χ0v) is 7.07. The fourth-order valence-corrected chi connectivity index (χ4v) is 1.16. The van der Waals surface area contributed by atoms with E-state index in [1.54, 1.807) is 18.2 Å². The van der Waals surface area contributed by atoms with Gasteiger partial charge in [-0.1, -0.05) is 0 Å². The number of aromatic nitrogens is 1. The lowest BCUT2D eigenvalue weighted by atomic mass is 10.1. The van der Waals surface area contributed by atoms with Crippen LogP contribution in [0, 0.1) is 0 Å². The number of Topliss-reactive ketones (excluding diaryl/α,β-unsaturated/α-hetero) is 1. The zero-order valence-electron chi connectivity index (χ0n) is 7.07. The normalized spacial score (nSPS) is 10.5. The second-order valence-electron chi connectivity index (χ2n) is 2.79. The van der Waals surface area contributed by atoms with Crippen molar-refractivity contribution >= 4 is 22.9 Å². The summed E-state index contributed by atoms with van der Waals surface area (Å²) in [5.41, 5.74) is 7.17. The molecular formula is C9H8N2O2. The minimum absolute atomic E-state index is 0.00290. The van der Waals surface area contributed by atoms with Crippen LogP contribution in [0.4, 0.5) is 6.01 Å². The van der Waals surface area contributed by atoms with Gasteiger partial charge in [0.2, 0.25) is 0 Å². The fraction of sp³-hybridized carbons (Fsp3) is 0.111. The third-order valence-corrected chi connectivity index (χ3v) is 1.81. The van der Waals surface area contributed by atoms with Crippen LogP contribution in [0.25, 0.3) is 11.1 Å². The molecule has 1 aromatic carbocycles. The number of ketones is 1. The van der Waals surface area contributed by atoms with Gasteiger partial charge in [0.1, 0.15) is 5.52 Å². The largest absolute Gasteiger partial charge is 0.424 e. The summed E-state index contributed by atoms with van der Waals surface area (Å²) in [4.78, 5) is 14.9. The van der Waals surface area contributed by atoms with Crippen LogP contribution in [0.2, 0.25) is 0 Å². The van der Waals surface area contributed by atoms with Crippen LogP contribution >= 0.6 is 0 Å². The highest BCUT2D eigenvalue weighted by Crippen LogP contribution is 2.18. The maximum absolute atomic E-state index is 11.0. The second kappa shape index (κ2) is 2.58. The van der Waals surface area contributed by atoms with E-state index in [9.17, 15) is 4.79 Å². The molecule has 0 aliphatic heterocycles. The molecule has 4 heteroatoms. The van der Waals surface area contributed by atoms with Crippen LogP contribution in [0.15, 0.2) is 22.6 Å². The van der Waals surface area contributed by atoms with Crippen molar-refractivity contribution in [1.29, 1.82) is 0 Å². The third kappa shape index (κ3) is 1.26. The average molecular weight is 176 g/mol. The number of carbonyl (C=O) groups is 1. The number of nitrogens with zero attached hydrogens (tertiary/aromatic N) is 1. The van der Waals surface area contributed by atoms with Gasteiger partial charge >= 0.3 is 0 Å². The standard InChI is InChI=1S/C9H8N2O2/c1-5(12)6-2-3-7-8(4-6)13-9(10)11-7/h2-4H,1H3,(H2,10,11). The molecule has 1 heterocycles. The lowest BCUT2D eigenvalue weighted by Crippen LogP contribution is -1.89. The predicted octanol–water partition coefficient (Wildman–Crippen LogP) is 1.61. The number of rotatable bonds is 1. The molecule has 0 spiro atoms. The molecule has 0 fully saturated rings. The van der Waals surface area contributed by atoms with Gasteiger partial charge in [0.15, 0.2) is 11.4 Å². The summed E-state index contributed by atoms with van der Waals surface area (Å²) < 4.78 is 5.07. The molecule has 0 unspecified atom stereocenters. The molecule has 0 aliphatic carbocycles. The maximum Gasteiger partial charge on any atom is 0.292 e. The highest BCUT2D eigenvalue weighted by molar-refractivity contribution is 5.96. The number of anilines is 1. The van der Waals surface area contributed by atoms with Crippen LogP contribution in [-0.4, -0.2) is 10.8 Å². The van der Waals surface area contributed by atoms with Gasteiger partial charge in [-0.15, -0.1) is 0 Å². The van der Waals surface area contributed by atoms with Crippen molar-refractivity contribution in [3.05, 3.63) is 23.8 Å². The van der Waals surface area contributed by atoms with E-state index in [0.717, 1.165) is 0 Å². The van der Waals surface area contributed by atoms with E-state index in [2.05, 4.69) is 4.98 Å². The van der Waals surface area contributed by atoms with E-state index in [0.29, 0.717) is 16.7 Å². The molecule has 66 valence electrons. The minimum Gasteiger partial charge on any atom is -0.424 e. The van der Waals surface area contributed by atoms with E-state index in [4.69, 9.17) is 10.2 Å². The first kappa shape index (κ1) is 7.79. The summed E-state index contributed by atoms with van der Waals surface area (Å²) >= 11 is 0. The van der Waals surface area contributed by atoms with Gasteiger partial charge in [0.05, 0.1) is 0 Å². The van der Waals surface area contributed by atoms with Crippen molar-refractivity contribution in [1.82, 2.24) is 4.98 Å². The number of carbonyl (C=O) groups excluding carboxylic acids is 1. The smallest absolute Gasteiger partial charge is 0.292 e. The highest BCUT2D eigenvalue weighted by atomic mass is 16.4. The molecule has 13 heavy (non-hydrogen) atoms. The quantitative estimate of drug-likeness (QED) is 0.670. The lowest BCUT2D eigenvalue weighted by Gasteiger charge is -1.92. The molecule has 0 radical (unpaired) electrons. The van der Waals surface area contributed by atoms with Gasteiger partial charge in [-0.05, 0) is 25.1 Å². The Bertz CT molecular complexity index is 473. The Hall–Kier alpha value is -1.84. The predicted molar refractivity (Wildman–Crippen MR) is 48.4 cm³/mol. The van der Waals surface area contributed by atoms with E-state index < -0.39 is 0 Å². The Morgan fingerprint density at radius 1 is 1.54 bits per heavy atom. The van der Waals surface area contributed by atoms with Gasteiger partial charge < -0.3 is 10.2 Å². The fourth-order valence-electron chi connectivity index (χ4n) is 1.16. The molecule has 0 saturated carbocycles. The highest BCUT2D eigenvalue weighted by Gasteiger charge is 2.05. The van der Waals surface area contributed by atoms with Crippen LogP contribution in [0.5, 0.6) is 0 Å². The minimum atomic E-state index is -0.00290. The molecule has 2 rings (SSSR count). The Labute approximate surface area is 74.4 Å². The first-order chi connectivity index (χ1) is 6.16. The topological polar surface area (TPSA) is 69.1 Å². The molecule has 0 aliphatic rings. The van der Waals surface area contributed by atoms with E-state index in [1.807, 2.05) is 0 Å². The molecule has 0 atom stereocenters. The van der Waals surface area contributed by atoms with Crippen LogP contribution in [0.1, 0.15) is 17.3 Å². The number of oxazole rings is 1. The lowest BCUT2D eigenvalue weighted by molar-refractivity contribution is 0.101. The first-order valence-electron chi connectivity index (χ1n) is 3.84. The Balaban J connectivity index is 2.67. The maximum atomic E-state index is 11.0. The molecular weight excluding hydrogens is 168 g/mol. The SMILES string of the molecule is CC(=O)c1ccc2nc(N)oc2c1. The van der Waals surface area contributed by atoms with Gasteiger partial charge in [0, 0.05) is 5.56 Å². The van der Waals surface area contributed by atoms with Crippen molar-refractivity contribution in [2.24, 2.45) is 0 Å². The van der Waals surface area contributed by atoms with Crippen molar-refractivity contribution in [3.63, 3.8) is 0 Å². The summed E-state index contributed by atoms with van der Waals surface area (Å²) in [6, 6.07) is 5.18. The number of hydrogen-bond donors (Lipinski definition) is 1. The Kier molecular flexibility index (Phi) is 1.55. The monoisotopic (exact) mass is 176 g/mol. The van der Waals surface area contributed by atoms with Crippen LogP contribution in [-0.2, 0) is 0 Å². The molecule has 4 nitrogen and oxygen atoms in total. The van der Waals surface area contributed by atoms with Gasteiger partial charge in [-0.25, -0.2) is 0 Å². The van der Waals surface area contributed by atoms with Crippen molar-refractivity contribution in [2.45, 2.75) is 6.92 Å². The molecule has 0 saturated heterocycles. The zero-order chi connectivity index (χ0) is 9.42. The molecule has 0 bridgehead atoms. The van der Waals surface area contributed by atoms with Crippen LogP contribution in [0.3, 0.4) is 0 Å². The summed E-state index contributed by atoms with van der Waals surface area (Å²) in [5, 5.41) is 0. The van der Waals surface area contributed by atoms with Crippen LogP contribution < -0.4 is 5.73 Å². The Morgan fingerprint density at radius 3 is 3.00 bits per heavy atom. The summed E-state index contributed by atoms with van der Waals surface area (Å²) in [7, 11) is 0. The number of benzene rings is 1. The molecule has 0 amide bonds. The molecule has 2 N–H and O–H groups in total.